The summed E-state index contributed by atoms with van der Waals surface area (Å²) in [5, 5.41) is 3.18. The van der Waals surface area contributed by atoms with Crippen molar-refractivity contribution in [3.8, 4) is 0 Å². The standard InChI is InChI=1S/C9H17N5/c1-14(2)9-6-8(12-7-13-9)11-5-3-4-10/h6-7H,3-5,10H2,1-2H3,(H,11,12,13). The van der Waals surface area contributed by atoms with Crippen molar-refractivity contribution in [1.82, 2.24) is 9.97 Å². The summed E-state index contributed by atoms with van der Waals surface area (Å²) in [6, 6.07) is 1.91. The van der Waals surface area contributed by atoms with E-state index in [9.17, 15) is 0 Å². The van der Waals surface area contributed by atoms with Gasteiger partial charge in [-0.1, -0.05) is 0 Å². The Morgan fingerprint density at radius 1 is 1.43 bits per heavy atom. The predicted octanol–water partition coefficient (Wildman–Crippen LogP) is 0.303. The minimum atomic E-state index is 0.693. The van der Waals surface area contributed by atoms with Crippen LogP contribution in [0.2, 0.25) is 0 Å². The van der Waals surface area contributed by atoms with Crippen molar-refractivity contribution in [3.05, 3.63) is 12.4 Å². The molecule has 0 spiro atoms. The predicted molar refractivity (Wildman–Crippen MR) is 58.5 cm³/mol. The van der Waals surface area contributed by atoms with Crippen LogP contribution in [-0.4, -0.2) is 37.2 Å². The van der Waals surface area contributed by atoms with Crippen molar-refractivity contribution in [1.29, 1.82) is 0 Å². The molecule has 0 amide bonds. The van der Waals surface area contributed by atoms with E-state index >= 15 is 0 Å². The second-order valence-electron chi connectivity index (χ2n) is 3.22. The number of rotatable bonds is 5. The Labute approximate surface area is 84.3 Å². The number of nitrogens with zero attached hydrogens (tertiary/aromatic N) is 3. The molecule has 0 saturated heterocycles. The molecule has 78 valence electrons. The summed E-state index contributed by atoms with van der Waals surface area (Å²) in [5.74, 6) is 1.74. The fourth-order valence-electron chi connectivity index (χ4n) is 1.01. The number of nitrogens with one attached hydrogen (secondary N) is 1. The normalized spacial score (nSPS) is 9.93. The van der Waals surface area contributed by atoms with Crippen molar-refractivity contribution in [2.45, 2.75) is 6.42 Å². The van der Waals surface area contributed by atoms with Gasteiger partial charge in [-0.15, -0.1) is 0 Å². The molecule has 1 heterocycles. The van der Waals surface area contributed by atoms with Gasteiger partial charge in [-0.3, -0.25) is 0 Å². The van der Waals surface area contributed by atoms with Crippen LogP contribution >= 0.6 is 0 Å². The smallest absolute Gasteiger partial charge is 0.133 e. The molecule has 0 aromatic carbocycles. The highest BCUT2D eigenvalue weighted by molar-refractivity contribution is 5.47. The number of nitrogens with two attached hydrogens (primary N) is 1. The third-order valence-electron chi connectivity index (χ3n) is 1.80. The third-order valence-corrected chi connectivity index (χ3v) is 1.80. The molecule has 0 fully saturated rings. The second-order valence-corrected chi connectivity index (χ2v) is 3.22. The van der Waals surface area contributed by atoms with Crippen LogP contribution < -0.4 is 16.0 Å². The van der Waals surface area contributed by atoms with Crippen LogP contribution in [-0.2, 0) is 0 Å². The summed E-state index contributed by atoms with van der Waals surface area (Å²) in [7, 11) is 3.90. The van der Waals surface area contributed by atoms with Crippen molar-refractivity contribution < 1.29 is 0 Å². The van der Waals surface area contributed by atoms with Gasteiger partial charge in [0, 0.05) is 26.7 Å². The van der Waals surface area contributed by atoms with Crippen LogP contribution in [0, 0.1) is 0 Å². The first-order valence-electron chi connectivity index (χ1n) is 4.67. The van der Waals surface area contributed by atoms with Crippen LogP contribution in [0.5, 0.6) is 0 Å². The molecular weight excluding hydrogens is 178 g/mol. The molecule has 1 rings (SSSR count). The maximum Gasteiger partial charge on any atom is 0.133 e. The lowest BCUT2D eigenvalue weighted by Crippen LogP contribution is -2.13. The van der Waals surface area contributed by atoms with E-state index < -0.39 is 0 Å². The van der Waals surface area contributed by atoms with Crippen molar-refractivity contribution in [2.75, 3.05) is 37.4 Å². The average molecular weight is 195 g/mol. The zero-order valence-electron chi connectivity index (χ0n) is 8.70. The van der Waals surface area contributed by atoms with Crippen molar-refractivity contribution in [3.63, 3.8) is 0 Å². The molecule has 0 bridgehead atoms. The summed E-state index contributed by atoms with van der Waals surface area (Å²) >= 11 is 0. The van der Waals surface area contributed by atoms with Gasteiger partial charge >= 0.3 is 0 Å². The van der Waals surface area contributed by atoms with Gasteiger partial charge in [0.2, 0.25) is 0 Å². The fraction of sp³-hybridized carbons (Fsp3) is 0.556. The van der Waals surface area contributed by atoms with Gasteiger partial charge in [0.15, 0.2) is 0 Å². The van der Waals surface area contributed by atoms with Crippen LogP contribution in [0.15, 0.2) is 12.4 Å². The number of hydrogen-bond acceptors (Lipinski definition) is 5. The van der Waals surface area contributed by atoms with Gasteiger partial charge in [-0.2, -0.15) is 0 Å². The minimum absolute atomic E-state index is 0.693. The zero-order chi connectivity index (χ0) is 10.4. The van der Waals surface area contributed by atoms with Crippen LogP contribution in [0.4, 0.5) is 11.6 Å². The second kappa shape index (κ2) is 5.39. The Bertz CT molecular complexity index is 274. The molecule has 0 aliphatic rings. The van der Waals surface area contributed by atoms with Gasteiger partial charge in [-0.25, -0.2) is 9.97 Å². The van der Waals surface area contributed by atoms with Gasteiger partial charge < -0.3 is 16.0 Å². The lowest BCUT2D eigenvalue weighted by molar-refractivity contribution is 0.868. The molecule has 0 atom stereocenters. The Morgan fingerprint density at radius 2 is 2.21 bits per heavy atom. The molecule has 3 N–H and O–H groups in total. The van der Waals surface area contributed by atoms with Gasteiger partial charge in [0.05, 0.1) is 0 Å². The first kappa shape index (κ1) is 10.7. The molecular formula is C9H17N5. The first-order chi connectivity index (χ1) is 6.74. The van der Waals surface area contributed by atoms with E-state index in [2.05, 4.69) is 15.3 Å². The Hall–Kier alpha value is -1.36. The van der Waals surface area contributed by atoms with E-state index in [1.165, 1.54) is 0 Å². The van der Waals surface area contributed by atoms with Crippen LogP contribution in [0.25, 0.3) is 0 Å². The van der Waals surface area contributed by atoms with E-state index in [4.69, 9.17) is 5.73 Å². The molecule has 5 heteroatoms. The summed E-state index contributed by atoms with van der Waals surface area (Å²) < 4.78 is 0. The van der Waals surface area contributed by atoms with E-state index in [-0.39, 0.29) is 0 Å². The first-order valence-corrected chi connectivity index (χ1v) is 4.67. The highest BCUT2D eigenvalue weighted by atomic mass is 15.2. The third kappa shape index (κ3) is 3.18. The van der Waals surface area contributed by atoms with Crippen LogP contribution in [0.3, 0.4) is 0 Å². The van der Waals surface area contributed by atoms with E-state index in [1.54, 1.807) is 6.33 Å². The molecule has 14 heavy (non-hydrogen) atoms. The molecule has 0 aliphatic carbocycles. The molecule has 1 aromatic rings. The van der Waals surface area contributed by atoms with Crippen molar-refractivity contribution in [2.24, 2.45) is 5.73 Å². The molecule has 0 saturated carbocycles. The Kier molecular flexibility index (Phi) is 4.12. The highest BCUT2D eigenvalue weighted by Gasteiger charge is 1.98. The van der Waals surface area contributed by atoms with Crippen molar-refractivity contribution >= 4 is 11.6 Å². The van der Waals surface area contributed by atoms with E-state index in [1.807, 2.05) is 25.1 Å². The SMILES string of the molecule is CN(C)c1cc(NCCCN)ncn1. The largest absolute Gasteiger partial charge is 0.370 e. The number of anilines is 2. The number of aromatic nitrogens is 2. The molecule has 0 radical (unpaired) electrons. The Morgan fingerprint density at radius 3 is 2.86 bits per heavy atom. The van der Waals surface area contributed by atoms with E-state index in [0.717, 1.165) is 24.6 Å². The summed E-state index contributed by atoms with van der Waals surface area (Å²) in [6.07, 6.45) is 2.50. The molecule has 0 unspecified atom stereocenters. The van der Waals surface area contributed by atoms with Gasteiger partial charge in [0.1, 0.15) is 18.0 Å². The summed E-state index contributed by atoms with van der Waals surface area (Å²) in [6.45, 7) is 1.54. The van der Waals surface area contributed by atoms with Gasteiger partial charge in [0.25, 0.3) is 0 Å². The minimum Gasteiger partial charge on any atom is -0.370 e. The molecule has 1 aromatic heterocycles. The topological polar surface area (TPSA) is 67.1 Å². The van der Waals surface area contributed by atoms with E-state index in [0.29, 0.717) is 6.54 Å². The quantitative estimate of drug-likeness (QED) is 0.662. The maximum absolute atomic E-state index is 5.39. The lowest BCUT2D eigenvalue weighted by atomic mass is 10.4. The van der Waals surface area contributed by atoms with Gasteiger partial charge in [-0.05, 0) is 13.0 Å². The zero-order valence-corrected chi connectivity index (χ0v) is 8.70. The van der Waals surface area contributed by atoms with Crippen LogP contribution in [0.1, 0.15) is 6.42 Å². The summed E-state index contributed by atoms with van der Waals surface area (Å²) in [4.78, 5) is 10.2. The maximum atomic E-state index is 5.39. The Balaban J connectivity index is 2.55. The molecule has 0 aliphatic heterocycles. The fourth-order valence-corrected chi connectivity index (χ4v) is 1.01. The molecule has 5 nitrogen and oxygen atoms in total. The monoisotopic (exact) mass is 195 g/mol. The number of hydrogen-bond donors (Lipinski definition) is 2. The average Bonchev–Trinajstić information content (AvgIpc) is 2.19. The lowest BCUT2D eigenvalue weighted by Gasteiger charge is -2.12. The summed E-state index contributed by atoms with van der Waals surface area (Å²) in [5.41, 5.74) is 5.39. The highest BCUT2D eigenvalue weighted by Crippen LogP contribution is 2.10.